The Kier molecular flexibility index (Phi) is 3.82. The van der Waals surface area contributed by atoms with Gasteiger partial charge in [0.2, 0.25) is 0 Å². The Morgan fingerprint density at radius 2 is 1.95 bits per heavy atom. The van der Waals surface area contributed by atoms with Gasteiger partial charge in [0.15, 0.2) is 0 Å². The van der Waals surface area contributed by atoms with E-state index in [-0.39, 0.29) is 5.41 Å². The summed E-state index contributed by atoms with van der Waals surface area (Å²) in [5.74, 6) is 1.04. The molecule has 0 N–H and O–H groups in total. The van der Waals surface area contributed by atoms with Crippen LogP contribution in [0.1, 0.15) is 49.4 Å². The Labute approximate surface area is 133 Å². The van der Waals surface area contributed by atoms with E-state index in [1.807, 2.05) is 0 Å². The van der Waals surface area contributed by atoms with E-state index in [9.17, 15) is 0 Å². The topological polar surface area (TPSA) is 9.23 Å². The van der Waals surface area contributed by atoms with Crippen LogP contribution in [-0.4, -0.2) is 6.61 Å². The molecule has 1 heteroatoms. The molecule has 0 amide bonds. The molecule has 1 aliphatic heterocycles. The Balaban J connectivity index is 1.99. The van der Waals surface area contributed by atoms with Crippen molar-refractivity contribution >= 4 is 11.6 Å². The fourth-order valence-electron chi connectivity index (χ4n) is 3.07. The summed E-state index contributed by atoms with van der Waals surface area (Å²) in [5, 5.41) is 0. The van der Waals surface area contributed by atoms with Crippen molar-refractivity contribution in [2.24, 2.45) is 0 Å². The molecule has 2 aromatic carbocycles. The molecule has 0 unspecified atom stereocenters. The van der Waals surface area contributed by atoms with Crippen LogP contribution in [0.15, 0.2) is 42.5 Å². The summed E-state index contributed by atoms with van der Waals surface area (Å²) in [7, 11) is 0. The maximum atomic E-state index is 5.81. The van der Waals surface area contributed by atoms with Crippen molar-refractivity contribution < 1.29 is 4.74 Å². The van der Waals surface area contributed by atoms with Crippen LogP contribution >= 0.6 is 0 Å². The first-order chi connectivity index (χ1) is 10.5. The number of aryl methyl sites for hydroxylation is 1. The molecule has 3 rings (SSSR count). The third-order valence-corrected chi connectivity index (χ3v) is 4.57. The minimum absolute atomic E-state index is 0.188. The molecule has 1 nitrogen and oxygen atoms in total. The molecule has 0 atom stereocenters. The standard InChI is InChI=1S/C21H24O/c1-15-6-5-7-17(12-15)13-16(2)18-8-9-20-19(14-18)21(3,4)10-11-22-20/h5-9,12-14H,10-11H2,1-4H3/b16-13+. The Bertz CT molecular complexity index is 722. The third-order valence-electron chi connectivity index (χ3n) is 4.57. The summed E-state index contributed by atoms with van der Waals surface area (Å²) in [6.45, 7) is 9.74. The molecule has 1 aliphatic rings. The quantitative estimate of drug-likeness (QED) is 0.653. The van der Waals surface area contributed by atoms with E-state index in [1.54, 1.807) is 0 Å². The fraction of sp³-hybridized carbons (Fsp3) is 0.333. The SMILES string of the molecule is C/C(=C\c1cccc(C)c1)c1ccc2c(c1)C(C)(C)CCO2. The molecule has 0 saturated carbocycles. The molecule has 114 valence electrons. The van der Waals surface area contributed by atoms with Gasteiger partial charge in [-0.3, -0.25) is 0 Å². The molecule has 1 heterocycles. The van der Waals surface area contributed by atoms with E-state index in [1.165, 1.54) is 27.8 Å². The van der Waals surface area contributed by atoms with Gasteiger partial charge in [-0.2, -0.15) is 0 Å². The van der Waals surface area contributed by atoms with Crippen molar-refractivity contribution in [1.82, 2.24) is 0 Å². The molecular formula is C21H24O. The summed E-state index contributed by atoms with van der Waals surface area (Å²) in [4.78, 5) is 0. The number of hydrogen-bond donors (Lipinski definition) is 0. The lowest BCUT2D eigenvalue weighted by molar-refractivity contribution is 0.234. The average molecular weight is 292 g/mol. The molecule has 0 aromatic heterocycles. The van der Waals surface area contributed by atoms with Crippen LogP contribution in [-0.2, 0) is 5.41 Å². The largest absolute Gasteiger partial charge is 0.493 e. The van der Waals surface area contributed by atoms with Crippen LogP contribution in [0.3, 0.4) is 0 Å². The van der Waals surface area contributed by atoms with Crippen molar-refractivity contribution in [3.63, 3.8) is 0 Å². The van der Waals surface area contributed by atoms with E-state index < -0.39 is 0 Å². The van der Waals surface area contributed by atoms with E-state index in [0.29, 0.717) is 0 Å². The van der Waals surface area contributed by atoms with Crippen LogP contribution in [0.4, 0.5) is 0 Å². The highest BCUT2D eigenvalue weighted by atomic mass is 16.5. The van der Waals surface area contributed by atoms with Crippen LogP contribution in [0.2, 0.25) is 0 Å². The van der Waals surface area contributed by atoms with Gasteiger partial charge in [0.05, 0.1) is 6.61 Å². The molecule has 0 bridgehead atoms. The second-order valence-corrected chi connectivity index (χ2v) is 6.93. The first-order valence-corrected chi connectivity index (χ1v) is 7.98. The van der Waals surface area contributed by atoms with Crippen LogP contribution < -0.4 is 4.74 Å². The molecular weight excluding hydrogens is 268 g/mol. The van der Waals surface area contributed by atoms with Gasteiger partial charge in [-0.1, -0.05) is 55.8 Å². The third kappa shape index (κ3) is 2.94. The fourth-order valence-corrected chi connectivity index (χ4v) is 3.07. The van der Waals surface area contributed by atoms with E-state index in [2.05, 4.69) is 76.2 Å². The highest BCUT2D eigenvalue weighted by Crippen LogP contribution is 2.39. The summed E-state index contributed by atoms with van der Waals surface area (Å²) in [6, 6.07) is 15.2. The molecule has 0 saturated heterocycles. The van der Waals surface area contributed by atoms with Crippen molar-refractivity contribution in [3.8, 4) is 5.75 Å². The number of fused-ring (bicyclic) bond motifs is 1. The molecule has 0 spiro atoms. The van der Waals surface area contributed by atoms with Gasteiger partial charge in [-0.15, -0.1) is 0 Å². The van der Waals surface area contributed by atoms with Gasteiger partial charge in [0, 0.05) is 5.56 Å². The van der Waals surface area contributed by atoms with Crippen molar-refractivity contribution in [2.75, 3.05) is 6.61 Å². The zero-order chi connectivity index (χ0) is 15.7. The second-order valence-electron chi connectivity index (χ2n) is 6.93. The number of hydrogen-bond acceptors (Lipinski definition) is 1. The zero-order valence-corrected chi connectivity index (χ0v) is 13.9. The average Bonchev–Trinajstić information content (AvgIpc) is 2.47. The number of ether oxygens (including phenoxy) is 1. The van der Waals surface area contributed by atoms with Gasteiger partial charge >= 0.3 is 0 Å². The first kappa shape index (κ1) is 14.9. The lowest BCUT2D eigenvalue weighted by Crippen LogP contribution is -2.26. The number of rotatable bonds is 2. The summed E-state index contributed by atoms with van der Waals surface area (Å²) in [5.41, 5.74) is 6.63. The molecule has 0 fully saturated rings. The van der Waals surface area contributed by atoms with Crippen molar-refractivity contribution in [2.45, 2.75) is 39.5 Å². The van der Waals surface area contributed by atoms with Gasteiger partial charge in [0.25, 0.3) is 0 Å². The van der Waals surface area contributed by atoms with E-state index >= 15 is 0 Å². The smallest absolute Gasteiger partial charge is 0.123 e. The lowest BCUT2D eigenvalue weighted by atomic mass is 9.79. The predicted molar refractivity (Wildman–Crippen MR) is 94.3 cm³/mol. The minimum atomic E-state index is 0.188. The number of allylic oxidation sites excluding steroid dienone is 1. The van der Waals surface area contributed by atoms with Gasteiger partial charge in [-0.25, -0.2) is 0 Å². The highest BCUT2D eigenvalue weighted by molar-refractivity contribution is 5.81. The Morgan fingerprint density at radius 3 is 2.73 bits per heavy atom. The van der Waals surface area contributed by atoms with Crippen molar-refractivity contribution in [3.05, 3.63) is 64.7 Å². The maximum absolute atomic E-state index is 5.81. The van der Waals surface area contributed by atoms with Crippen LogP contribution in [0.25, 0.3) is 11.6 Å². The number of benzene rings is 2. The lowest BCUT2D eigenvalue weighted by Gasteiger charge is -2.32. The molecule has 2 aromatic rings. The van der Waals surface area contributed by atoms with Gasteiger partial charge in [-0.05, 0) is 54.5 Å². The highest BCUT2D eigenvalue weighted by Gasteiger charge is 2.28. The van der Waals surface area contributed by atoms with Gasteiger partial charge in [0.1, 0.15) is 5.75 Å². The van der Waals surface area contributed by atoms with Crippen LogP contribution in [0, 0.1) is 6.92 Å². The van der Waals surface area contributed by atoms with Crippen molar-refractivity contribution in [1.29, 1.82) is 0 Å². The van der Waals surface area contributed by atoms with E-state index in [0.717, 1.165) is 18.8 Å². The minimum Gasteiger partial charge on any atom is -0.493 e. The molecule has 0 aliphatic carbocycles. The summed E-state index contributed by atoms with van der Waals surface area (Å²) < 4.78 is 5.81. The monoisotopic (exact) mass is 292 g/mol. The first-order valence-electron chi connectivity index (χ1n) is 7.98. The normalized spacial score (nSPS) is 16.8. The second kappa shape index (κ2) is 5.64. The maximum Gasteiger partial charge on any atom is 0.123 e. The predicted octanol–water partition coefficient (Wildman–Crippen LogP) is 5.62. The van der Waals surface area contributed by atoms with Crippen LogP contribution in [0.5, 0.6) is 5.75 Å². The van der Waals surface area contributed by atoms with Gasteiger partial charge < -0.3 is 4.74 Å². The van der Waals surface area contributed by atoms with E-state index in [4.69, 9.17) is 4.74 Å². The molecule has 0 radical (unpaired) electrons. The summed E-state index contributed by atoms with van der Waals surface area (Å²) >= 11 is 0. The summed E-state index contributed by atoms with van der Waals surface area (Å²) in [6.07, 6.45) is 3.33. The molecule has 22 heavy (non-hydrogen) atoms. The Morgan fingerprint density at radius 1 is 1.14 bits per heavy atom. The zero-order valence-electron chi connectivity index (χ0n) is 13.9. The Hall–Kier alpha value is -2.02.